The maximum absolute atomic E-state index is 14.0. The molecule has 4 N–H and O–H groups in total. The number of carbonyl (C=O) groups excluding carboxylic acids is 4. The lowest BCUT2D eigenvalue weighted by Gasteiger charge is -2.29. The van der Waals surface area contributed by atoms with Gasteiger partial charge in [-0.1, -0.05) is 55.8 Å². The Morgan fingerprint density at radius 3 is 2.23 bits per heavy atom. The monoisotopic (exact) mass is 848 g/mol. The standard InChI is InChI=1S/C44H45ClN8O8/c1-23(2)36(50-43(57)59-3)41(55)52-16-8-13-33(52)40-47-22-31(49-40)26-20-35-28(19-29(26)45)38(54)27-18-25(14-15-34(27)61-35)30-21-46-39(48-30)32-12-9-17-53(32)42(56)37(51-44(58)60-4)24-10-6-5-7-11-24/h5-7,10-11,14-15,18-23,32-33,36-37H,8-9,12-13,16-17H2,1-4H3,(H,46,48)(H,47,49)(H,50,57)(H,51,58)/t32-,33-,36-,37+/m0/s1. The van der Waals surface area contributed by atoms with Gasteiger partial charge in [0.15, 0.2) is 0 Å². The molecule has 61 heavy (non-hydrogen) atoms. The highest BCUT2D eigenvalue weighted by Crippen LogP contribution is 2.37. The second kappa shape index (κ2) is 17.1. The Labute approximate surface area is 355 Å². The number of aromatic amines is 2. The third-order valence-electron chi connectivity index (χ3n) is 11.5. The highest BCUT2D eigenvalue weighted by atomic mass is 35.5. The molecule has 3 aromatic carbocycles. The summed E-state index contributed by atoms with van der Waals surface area (Å²) in [6.45, 7) is 4.72. The number of likely N-dealkylation sites (tertiary alicyclic amines) is 2. The number of H-pyrrole nitrogens is 2. The summed E-state index contributed by atoms with van der Waals surface area (Å²) in [5.74, 6) is 0.495. The van der Waals surface area contributed by atoms with Gasteiger partial charge in [0, 0.05) is 30.4 Å². The molecule has 0 saturated carbocycles. The minimum Gasteiger partial charge on any atom is -0.456 e. The van der Waals surface area contributed by atoms with Gasteiger partial charge in [0.2, 0.25) is 11.3 Å². The average Bonchev–Trinajstić information content (AvgIpc) is 4.12. The summed E-state index contributed by atoms with van der Waals surface area (Å²) in [6.07, 6.45) is 4.86. The molecule has 316 valence electrons. The van der Waals surface area contributed by atoms with Crippen LogP contribution in [0.5, 0.6) is 0 Å². The molecule has 0 bridgehead atoms. The zero-order valence-corrected chi connectivity index (χ0v) is 34.7. The number of hydrogen-bond acceptors (Lipinski definition) is 10. The van der Waals surface area contributed by atoms with Gasteiger partial charge >= 0.3 is 12.2 Å². The van der Waals surface area contributed by atoms with Crippen molar-refractivity contribution in [2.45, 2.75) is 63.7 Å². The smallest absolute Gasteiger partial charge is 0.407 e. The van der Waals surface area contributed by atoms with Crippen molar-refractivity contribution in [3.8, 4) is 22.5 Å². The molecule has 8 rings (SSSR count). The van der Waals surface area contributed by atoms with E-state index in [1.165, 1.54) is 14.2 Å². The molecule has 2 aliphatic heterocycles. The first-order valence-electron chi connectivity index (χ1n) is 20.1. The number of amides is 4. The van der Waals surface area contributed by atoms with Gasteiger partial charge in [0.1, 0.15) is 34.9 Å². The molecule has 0 radical (unpaired) electrons. The van der Waals surface area contributed by atoms with Crippen LogP contribution < -0.4 is 16.1 Å². The van der Waals surface area contributed by atoms with Crippen LogP contribution >= 0.6 is 11.6 Å². The van der Waals surface area contributed by atoms with E-state index in [2.05, 4.69) is 25.6 Å². The van der Waals surface area contributed by atoms with Crippen molar-refractivity contribution in [2.24, 2.45) is 5.92 Å². The summed E-state index contributed by atoms with van der Waals surface area (Å²) in [7, 11) is 2.51. The molecule has 0 spiro atoms. The van der Waals surface area contributed by atoms with Crippen LogP contribution in [0.4, 0.5) is 9.59 Å². The predicted molar refractivity (Wildman–Crippen MR) is 226 cm³/mol. The number of rotatable bonds is 10. The topological polar surface area (TPSA) is 205 Å². The van der Waals surface area contributed by atoms with E-state index >= 15 is 0 Å². The van der Waals surface area contributed by atoms with Crippen LogP contribution in [0.25, 0.3) is 44.5 Å². The number of ether oxygens (including phenoxy) is 2. The van der Waals surface area contributed by atoms with Crippen molar-refractivity contribution in [1.82, 2.24) is 40.4 Å². The van der Waals surface area contributed by atoms with Crippen LogP contribution in [0.15, 0.2) is 82.3 Å². The molecular weight excluding hydrogens is 804 g/mol. The Bertz CT molecular complexity index is 2690. The van der Waals surface area contributed by atoms with Crippen LogP contribution in [0.3, 0.4) is 0 Å². The number of alkyl carbamates (subject to hydrolysis) is 2. The molecule has 4 atom stereocenters. The lowest BCUT2D eigenvalue weighted by molar-refractivity contribution is -0.135. The number of carbonyl (C=O) groups is 4. The van der Waals surface area contributed by atoms with Gasteiger partial charge in [0.05, 0.1) is 59.7 Å². The number of methoxy groups -OCH3 is 2. The van der Waals surface area contributed by atoms with Gasteiger partial charge in [-0.25, -0.2) is 19.6 Å². The zero-order valence-electron chi connectivity index (χ0n) is 34.0. The van der Waals surface area contributed by atoms with Gasteiger partial charge < -0.3 is 44.3 Å². The number of fused-ring (bicyclic) bond motifs is 2. The van der Waals surface area contributed by atoms with E-state index < -0.39 is 24.3 Å². The van der Waals surface area contributed by atoms with Gasteiger partial charge in [-0.15, -0.1) is 0 Å². The van der Waals surface area contributed by atoms with E-state index in [4.69, 9.17) is 30.5 Å². The highest BCUT2D eigenvalue weighted by Gasteiger charge is 2.39. The van der Waals surface area contributed by atoms with Gasteiger partial charge in [-0.2, -0.15) is 0 Å². The SMILES string of the molecule is COC(=O)N[C@H](C(=O)N1CCC[C@H]1c1nc(-c2cc3oc4ccc(-c5cnc([C@@H]6CCCN6C(=O)[C@H](NC(=O)OC)c6ccccc6)[nH]5)cc4c(=O)c3cc2Cl)c[nH]1)C(C)C. The Morgan fingerprint density at radius 2 is 1.52 bits per heavy atom. The first-order valence-corrected chi connectivity index (χ1v) is 20.5. The fourth-order valence-corrected chi connectivity index (χ4v) is 8.58. The van der Waals surface area contributed by atoms with Gasteiger partial charge in [0.25, 0.3) is 5.91 Å². The first-order chi connectivity index (χ1) is 29.4. The third kappa shape index (κ3) is 8.02. The van der Waals surface area contributed by atoms with Crippen LogP contribution in [0, 0.1) is 5.92 Å². The molecule has 17 heteroatoms. The Hall–Kier alpha value is -6.68. The summed E-state index contributed by atoms with van der Waals surface area (Å²) < 4.78 is 15.9. The van der Waals surface area contributed by atoms with Crippen molar-refractivity contribution in [2.75, 3.05) is 27.3 Å². The molecule has 5 heterocycles. The summed E-state index contributed by atoms with van der Waals surface area (Å²) in [5.41, 5.74) is 3.45. The lowest BCUT2D eigenvalue weighted by atomic mass is 10.0. The second-order valence-electron chi connectivity index (χ2n) is 15.5. The van der Waals surface area contributed by atoms with E-state index in [1.807, 2.05) is 26.0 Å². The summed E-state index contributed by atoms with van der Waals surface area (Å²) in [5, 5.41) is 6.27. The van der Waals surface area contributed by atoms with E-state index in [9.17, 15) is 24.0 Å². The van der Waals surface area contributed by atoms with Gasteiger partial charge in [-0.3, -0.25) is 14.4 Å². The zero-order chi connectivity index (χ0) is 42.9. The largest absolute Gasteiger partial charge is 0.456 e. The normalized spacial score (nSPS) is 17.5. The molecule has 2 saturated heterocycles. The van der Waals surface area contributed by atoms with Crippen molar-refractivity contribution in [3.63, 3.8) is 0 Å². The van der Waals surface area contributed by atoms with Crippen molar-refractivity contribution in [1.29, 1.82) is 0 Å². The van der Waals surface area contributed by atoms with E-state index in [0.29, 0.717) is 92.6 Å². The number of nitrogens with zero attached hydrogens (tertiary/aromatic N) is 4. The first kappa shape index (κ1) is 41.1. The molecule has 0 aliphatic carbocycles. The highest BCUT2D eigenvalue weighted by molar-refractivity contribution is 6.34. The van der Waals surface area contributed by atoms with Crippen molar-refractivity contribution >= 4 is 57.5 Å². The molecule has 2 aliphatic rings. The third-order valence-corrected chi connectivity index (χ3v) is 11.8. The molecule has 2 fully saturated rings. The number of benzene rings is 3. The summed E-state index contributed by atoms with van der Waals surface area (Å²) in [6, 6.07) is 15.2. The molecule has 6 aromatic rings. The number of nitrogens with one attached hydrogen (secondary N) is 4. The van der Waals surface area contributed by atoms with Crippen LogP contribution in [-0.4, -0.2) is 87.1 Å². The number of hydrogen-bond donors (Lipinski definition) is 4. The maximum Gasteiger partial charge on any atom is 0.407 e. The number of aromatic nitrogens is 4. The Morgan fingerprint density at radius 1 is 0.852 bits per heavy atom. The summed E-state index contributed by atoms with van der Waals surface area (Å²) >= 11 is 6.84. The number of halogens is 1. The second-order valence-corrected chi connectivity index (χ2v) is 15.9. The van der Waals surface area contributed by atoms with Gasteiger partial charge in [-0.05, 0) is 67.5 Å². The number of imidazole rings is 2. The van der Waals surface area contributed by atoms with Crippen LogP contribution in [0.2, 0.25) is 5.02 Å². The summed E-state index contributed by atoms with van der Waals surface area (Å²) in [4.78, 5) is 85.4. The fourth-order valence-electron chi connectivity index (χ4n) is 8.32. The molecule has 4 amide bonds. The average molecular weight is 849 g/mol. The van der Waals surface area contributed by atoms with Crippen molar-refractivity contribution in [3.05, 3.63) is 106 Å². The van der Waals surface area contributed by atoms with E-state index in [0.717, 1.165) is 12.8 Å². The van der Waals surface area contributed by atoms with Crippen molar-refractivity contribution < 1.29 is 33.1 Å². The fraction of sp³-hybridized carbons (Fsp3) is 0.341. The molecule has 16 nitrogen and oxygen atoms in total. The lowest BCUT2D eigenvalue weighted by Crippen LogP contribution is -2.51. The van der Waals surface area contributed by atoms with E-state index in [-0.39, 0.29) is 35.2 Å². The molecule has 0 unspecified atom stereocenters. The molecule has 3 aromatic heterocycles. The Balaban J connectivity index is 1.03. The minimum atomic E-state index is -0.943. The molecular formula is C44H45ClN8O8. The predicted octanol–water partition coefficient (Wildman–Crippen LogP) is 7.18. The van der Waals surface area contributed by atoms with Crippen LogP contribution in [-0.2, 0) is 19.1 Å². The minimum absolute atomic E-state index is 0.169. The van der Waals surface area contributed by atoms with E-state index in [1.54, 1.807) is 70.7 Å². The maximum atomic E-state index is 14.0. The van der Waals surface area contributed by atoms with Crippen LogP contribution in [0.1, 0.15) is 74.9 Å². The Kier molecular flexibility index (Phi) is 11.5. The quantitative estimate of drug-likeness (QED) is 0.102.